The standard InChI is InChI=1S/C28H27F3N4O4/c29-28(30,31)39-23-3-1-2-21(15-23)32-27(38)24-16-35-17-34(13-12-25(35)33-24)22-10-8-20(9-11-22)19-6-4-18(5-7-19)14-26(36)37/h1-3,8-13,15-16,18-19H,4-7,14,17H2,(H,32,38)(H,36,37)/p+1. The molecule has 0 radical (unpaired) electrons. The van der Waals surface area contributed by atoms with Crippen LogP contribution in [0, 0.1) is 5.92 Å². The molecule has 2 aliphatic heterocycles. The molecule has 5 rings (SSSR count). The van der Waals surface area contributed by atoms with Gasteiger partial charge in [-0.3, -0.25) is 14.5 Å². The quantitative estimate of drug-likeness (QED) is 0.483. The van der Waals surface area contributed by atoms with Gasteiger partial charge in [0.25, 0.3) is 5.91 Å². The van der Waals surface area contributed by atoms with Crippen LogP contribution in [0.25, 0.3) is 0 Å². The zero-order valence-corrected chi connectivity index (χ0v) is 20.9. The van der Waals surface area contributed by atoms with Crippen LogP contribution in [0.4, 0.5) is 24.5 Å². The predicted molar refractivity (Wildman–Crippen MR) is 138 cm³/mol. The lowest BCUT2D eigenvalue weighted by atomic mass is 9.77. The van der Waals surface area contributed by atoms with Crippen molar-refractivity contribution >= 4 is 29.1 Å². The van der Waals surface area contributed by atoms with Crippen molar-refractivity contribution in [2.24, 2.45) is 10.9 Å². The van der Waals surface area contributed by atoms with Gasteiger partial charge in [-0.2, -0.15) is 4.99 Å². The minimum absolute atomic E-state index is 0.162. The highest BCUT2D eigenvalue weighted by molar-refractivity contribution is 6.06. The lowest BCUT2D eigenvalue weighted by Gasteiger charge is -2.29. The molecular formula is C28H28F3N4O4+. The third-order valence-electron chi connectivity index (χ3n) is 7.20. The zero-order chi connectivity index (χ0) is 27.6. The monoisotopic (exact) mass is 541 g/mol. The molecular weight excluding hydrogens is 513 g/mol. The van der Waals surface area contributed by atoms with Crippen LogP contribution < -0.4 is 19.9 Å². The van der Waals surface area contributed by atoms with E-state index in [0.717, 1.165) is 48.4 Å². The number of carbonyl (C=O) groups is 2. The largest absolute Gasteiger partial charge is 0.573 e. The topological polar surface area (TPSA) is 95.7 Å². The van der Waals surface area contributed by atoms with Crippen LogP contribution in [-0.4, -0.2) is 35.8 Å². The summed E-state index contributed by atoms with van der Waals surface area (Å²) in [4.78, 5) is 31.0. The smallest absolute Gasteiger partial charge is 0.481 e. The fourth-order valence-electron chi connectivity index (χ4n) is 5.29. The molecule has 0 spiro atoms. The van der Waals surface area contributed by atoms with Crippen molar-refractivity contribution < 1.29 is 37.5 Å². The summed E-state index contributed by atoms with van der Waals surface area (Å²) in [6, 6.07) is 13.5. The highest BCUT2D eigenvalue weighted by Gasteiger charge is 2.32. The number of nitrogens with one attached hydrogen (secondary N) is 2. The van der Waals surface area contributed by atoms with Gasteiger partial charge in [-0.05, 0) is 67.3 Å². The lowest BCUT2D eigenvalue weighted by molar-refractivity contribution is -0.742. The molecule has 1 atom stereocenters. The highest BCUT2D eigenvalue weighted by Crippen LogP contribution is 2.37. The SMILES string of the molecule is O=C(O)CC1CCC(c2ccc(N3C=CC4=NC(C(=O)Nc5cccc(OC(F)(F)F)c5)=C[NH+]4C3)cc2)CC1. The molecule has 11 heteroatoms. The van der Waals surface area contributed by atoms with E-state index in [1.165, 1.54) is 17.7 Å². The maximum Gasteiger partial charge on any atom is 0.573 e. The van der Waals surface area contributed by atoms with Gasteiger partial charge in [0.1, 0.15) is 11.9 Å². The predicted octanol–water partition coefficient (Wildman–Crippen LogP) is 4.40. The summed E-state index contributed by atoms with van der Waals surface area (Å²) in [6.07, 6.45) is 4.69. The summed E-state index contributed by atoms with van der Waals surface area (Å²) in [5.41, 5.74) is 2.58. The number of anilines is 2. The Hall–Kier alpha value is -4.12. The van der Waals surface area contributed by atoms with Gasteiger partial charge in [-0.15, -0.1) is 13.2 Å². The summed E-state index contributed by atoms with van der Waals surface area (Å²) in [5.74, 6) is -0.308. The minimum Gasteiger partial charge on any atom is -0.481 e. The molecule has 0 bridgehead atoms. The van der Waals surface area contributed by atoms with E-state index in [4.69, 9.17) is 5.11 Å². The number of fused-ring (bicyclic) bond motifs is 1. The first kappa shape index (κ1) is 26.5. The minimum atomic E-state index is -4.82. The molecule has 39 heavy (non-hydrogen) atoms. The van der Waals surface area contributed by atoms with Crippen LogP contribution in [-0.2, 0) is 9.59 Å². The number of carboxylic acids is 1. The Morgan fingerprint density at radius 3 is 2.54 bits per heavy atom. The molecule has 2 aromatic carbocycles. The summed E-state index contributed by atoms with van der Waals surface area (Å²) in [5, 5.41) is 11.6. The third-order valence-corrected chi connectivity index (χ3v) is 7.20. The summed E-state index contributed by atoms with van der Waals surface area (Å²) < 4.78 is 41.4. The van der Waals surface area contributed by atoms with Gasteiger partial charge in [0.05, 0.1) is 0 Å². The molecule has 2 aromatic rings. The molecule has 2 heterocycles. The van der Waals surface area contributed by atoms with E-state index < -0.39 is 24.0 Å². The second-order valence-electron chi connectivity index (χ2n) is 9.93. The fraction of sp³-hybridized carbons (Fsp3) is 0.321. The highest BCUT2D eigenvalue weighted by atomic mass is 19.4. The van der Waals surface area contributed by atoms with Gasteiger partial charge in [0, 0.05) is 36.1 Å². The van der Waals surface area contributed by atoms with Gasteiger partial charge in [-0.25, -0.2) is 4.90 Å². The lowest BCUT2D eigenvalue weighted by Crippen LogP contribution is -3.11. The Labute approximate surface area is 223 Å². The number of aliphatic imine (C=N–C) groups is 1. The van der Waals surface area contributed by atoms with Gasteiger partial charge in [0.15, 0.2) is 12.4 Å². The number of aliphatic carboxylic acids is 1. The summed E-state index contributed by atoms with van der Waals surface area (Å²) in [7, 11) is 0. The van der Waals surface area contributed by atoms with Gasteiger partial charge >= 0.3 is 12.3 Å². The number of nitrogens with zero attached hydrogens (tertiary/aromatic N) is 2. The fourth-order valence-corrected chi connectivity index (χ4v) is 5.29. The van der Waals surface area contributed by atoms with Gasteiger partial charge < -0.3 is 15.2 Å². The molecule has 204 valence electrons. The molecule has 0 aromatic heterocycles. The number of ether oxygens (including phenoxy) is 1. The first-order valence-corrected chi connectivity index (χ1v) is 12.7. The average Bonchev–Trinajstić information content (AvgIpc) is 3.32. The van der Waals surface area contributed by atoms with E-state index in [9.17, 15) is 22.8 Å². The number of alkyl halides is 3. The number of quaternary nitrogens is 1. The Morgan fingerprint density at radius 1 is 1.10 bits per heavy atom. The molecule has 1 fully saturated rings. The van der Waals surface area contributed by atoms with Gasteiger partial charge in [0.2, 0.25) is 5.84 Å². The second kappa shape index (κ2) is 10.9. The van der Waals surface area contributed by atoms with Crippen LogP contribution in [0.5, 0.6) is 5.75 Å². The number of rotatable bonds is 7. The molecule has 0 saturated heterocycles. The van der Waals surface area contributed by atoms with E-state index in [0.29, 0.717) is 18.4 Å². The Balaban J connectivity index is 1.18. The maximum atomic E-state index is 12.7. The van der Waals surface area contributed by atoms with Gasteiger partial charge in [-0.1, -0.05) is 18.2 Å². The van der Waals surface area contributed by atoms with Crippen molar-refractivity contribution in [1.82, 2.24) is 0 Å². The molecule has 8 nitrogen and oxygen atoms in total. The second-order valence-corrected chi connectivity index (χ2v) is 9.93. The van der Waals surface area contributed by atoms with Crippen LogP contribution in [0.3, 0.4) is 0 Å². The number of amidine groups is 1. The molecule has 1 unspecified atom stereocenters. The summed E-state index contributed by atoms with van der Waals surface area (Å²) in [6.45, 7) is 0.515. The van der Waals surface area contributed by atoms with Crippen molar-refractivity contribution in [1.29, 1.82) is 0 Å². The van der Waals surface area contributed by atoms with E-state index in [1.807, 2.05) is 12.3 Å². The molecule has 3 aliphatic rings. The molecule has 3 N–H and O–H groups in total. The Bertz CT molecular complexity index is 1330. The number of carbonyl (C=O) groups excluding carboxylic acids is 1. The van der Waals surface area contributed by atoms with Crippen molar-refractivity contribution in [2.45, 2.75) is 44.4 Å². The van der Waals surface area contributed by atoms with E-state index in [-0.39, 0.29) is 23.7 Å². The van der Waals surface area contributed by atoms with Crippen LogP contribution in [0.15, 0.2) is 77.7 Å². The number of amides is 1. The third kappa shape index (κ3) is 6.66. The van der Waals surface area contributed by atoms with Crippen LogP contribution in [0.1, 0.15) is 43.6 Å². The van der Waals surface area contributed by atoms with E-state index in [1.54, 1.807) is 6.20 Å². The van der Waals surface area contributed by atoms with Crippen molar-refractivity contribution in [3.8, 4) is 5.75 Å². The maximum absolute atomic E-state index is 12.7. The zero-order valence-electron chi connectivity index (χ0n) is 20.9. The number of hydrogen-bond acceptors (Lipinski definition) is 5. The normalized spacial score (nSPS) is 22.5. The number of benzene rings is 2. The number of hydrogen-bond donors (Lipinski definition) is 3. The Kier molecular flexibility index (Phi) is 7.42. The van der Waals surface area contributed by atoms with Crippen LogP contribution in [0.2, 0.25) is 0 Å². The van der Waals surface area contributed by atoms with E-state index in [2.05, 4.69) is 44.2 Å². The van der Waals surface area contributed by atoms with Crippen molar-refractivity contribution in [3.63, 3.8) is 0 Å². The van der Waals surface area contributed by atoms with Crippen LogP contribution >= 0.6 is 0 Å². The van der Waals surface area contributed by atoms with E-state index >= 15 is 0 Å². The van der Waals surface area contributed by atoms with Crippen molar-refractivity contribution in [2.75, 3.05) is 16.9 Å². The first-order chi connectivity index (χ1) is 18.6. The average molecular weight is 542 g/mol. The number of halogens is 3. The molecule has 1 saturated carbocycles. The molecule has 1 amide bonds. The first-order valence-electron chi connectivity index (χ1n) is 12.7. The number of carboxylic acid groups (broad SMARTS) is 1. The summed E-state index contributed by atoms with van der Waals surface area (Å²) >= 11 is 0. The van der Waals surface area contributed by atoms with Crippen molar-refractivity contribution in [3.05, 3.63) is 78.3 Å². The molecule has 1 aliphatic carbocycles. The Morgan fingerprint density at radius 2 is 1.85 bits per heavy atom.